The first-order chi connectivity index (χ1) is 13.1. The Bertz CT molecular complexity index is 1030. The Morgan fingerprint density at radius 3 is 2.78 bits per heavy atom. The highest BCUT2D eigenvalue weighted by atomic mass is 32.2. The molecule has 0 spiro atoms. The molecule has 0 saturated carbocycles. The molecule has 1 amide bonds. The van der Waals surface area contributed by atoms with Crippen LogP contribution in [0.5, 0.6) is 5.75 Å². The van der Waals surface area contributed by atoms with Crippen molar-refractivity contribution in [1.82, 2.24) is 4.57 Å². The maximum atomic E-state index is 12.3. The van der Waals surface area contributed by atoms with Gasteiger partial charge in [0.05, 0.1) is 15.1 Å². The number of non-ortho nitro benzene ring substituents is 1. The van der Waals surface area contributed by atoms with Crippen LogP contribution in [0.15, 0.2) is 53.5 Å². The molecule has 0 unspecified atom stereocenters. The molecule has 27 heavy (non-hydrogen) atoms. The molecule has 0 saturated heterocycles. The molecule has 3 rings (SSSR count). The lowest BCUT2D eigenvalue weighted by atomic mass is 10.3. The lowest BCUT2D eigenvalue weighted by Crippen LogP contribution is -2.20. The van der Waals surface area contributed by atoms with Gasteiger partial charge in [-0.1, -0.05) is 29.5 Å². The van der Waals surface area contributed by atoms with Gasteiger partial charge < -0.3 is 9.30 Å². The lowest BCUT2D eigenvalue weighted by Gasteiger charge is -2.04. The Morgan fingerprint density at radius 2 is 2.07 bits per heavy atom. The smallest absolute Gasteiger partial charge is 0.286 e. The van der Waals surface area contributed by atoms with E-state index in [4.69, 9.17) is 4.74 Å². The molecule has 3 aromatic rings. The third-order valence-electron chi connectivity index (χ3n) is 3.72. The number of thioether (sulfide) groups is 1. The second kappa shape index (κ2) is 8.83. The van der Waals surface area contributed by atoms with E-state index in [1.165, 1.54) is 23.5 Å². The van der Waals surface area contributed by atoms with E-state index in [-0.39, 0.29) is 12.3 Å². The average molecular weight is 403 g/mol. The third kappa shape index (κ3) is 4.75. The van der Waals surface area contributed by atoms with E-state index in [1.807, 2.05) is 29.0 Å². The summed E-state index contributed by atoms with van der Waals surface area (Å²) in [5.74, 6) is 1.03. The van der Waals surface area contributed by atoms with Crippen LogP contribution in [0.2, 0.25) is 0 Å². The molecule has 0 aliphatic carbocycles. The summed E-state index contributed by atoms with van der Waals surface area (Å²) in [6.07, 6.45) is 2.00. The van der Waals surface area contributed by atoms with Crippen LogP contribution >= 0.6 is 23.1 Å². The first-order valence-electron chi connectivity index (χ1n) is 8.10. The molecule has 0 aliphatic heterocycles. The predicted molar refractivity (Wildman–Crippen MR) is 107 cm³/mol. The number of amides is 1. The van der Waals surface area contributed by atoms with Crippen molar-refractivity contribution in [3.8, 4) is 5.75 Å². The van der Waals surface area contributed by atoms with Gasteiger partial charge in [0.25, 0.3) is 11.6 Å². The minimum Gasteiger partial charge on any atom is -0.484 e. The molecule has 0 atom stereocenters. The molecular weight excluding hydrogens is 386 g/mol. The maximum Gasteiger partial charge on any atom is 0.286 e. The monoisotopic (exact) mass is 403 g/mol. The fourth-order valence-corrected chi connectivity index (χ4v) is 3.93. The Morgan fingerprint density at radius 1 is 1.30 bits per heavy atom. The molecule has 7 nitrogen and oxygen atoms in total. The van der Waals surface area contributed by atoms with Crippen LogP contribution in [0.4, 0.5) is 5.69 Å². The van der Waals surface area contributed by atoms with Gasteiger partial charge in [-0.05, 0) is 24.5 Å². The summed E-state index contributed by atoms with van der Waals surface area (Å²) >= 11 is 2.94. The highest BCUT2D eigenvalue weighted by Gasteiger charge is 2.13. The van der Waals surface area contributed by atoms with E-state index in [2.05, 4.69) is 4.99 Å². The number of rotatable bonds is 7. The van der Waals surface area contributed by atoms with Crippen molar-refractivity contribution in [3.05, 3.63) is 63.4 Å². The van der Waals surface area contributed by atoms with Crippen LogP contribution in [0.25, 0.3) is 10.2 Å². The molecule has 1 heterocycles. The Kier molecular flexibility index (Phi) is 6.25. The normalized spacial score (nSPS) is 11.7. The molecule has 2 aromatic carbocycles. The standard InChI is InChI=1S/C18H17N3O4S2/c1-26-10-9-20-15-8-7-13(21(23)24)11-16(15)27-18(20)19-17(22)12-25-14-5-3-2-4-6-14/h2-8,11H,9-10,12H2,1H3. The van der Waals surface area contributed by atoms with Crippen LogP contribution in [0.1, 0.15) is 0 Å². The topological polar surface area (TPSA) is 86.7 Å². The highest BCUT2D eigenvalue weighted by Crippen LogP contribution is 2.23. The number of aromatic nitrogens is 1. The second-order valence-electron chi connectivity index (χ2n) is 5.55. The molecule has 0 N–H and O–H groups in total. The number of nitrogens with zero attached hydrogens (tertiary/aromatic N) is 3. The van der Waals surface area contributed by atoms with Gasteiger partial charge in [-0.25, -0.2) is 0 Å². The van der Waals surface area contributed by atoms with Crippen molar-refractivity contribution in [3.63, 3.8) is 0 Å². The summed E-state index contributed by atoms with van der Waals surface area (Å²) < 4.78 is 8.08. The van der Waals surface area contributed by atoms with Crippen molar-refractivity contribution in [1.29, 1.82) is 0 Å². The van der Waals surface area contributed by atoms with E-state index in [0.29, 0.717) is 17.1 Å². The van der Waals surface area contributed by atoms with Crippen molar-refractivity contribution in [2.75, 3.05) is 18.6 Å². The van der Waals surface area contributed by atoms with E-state index in [1.54, 1.807) is 30.0 Å². The number of nitro groups is 1. The fourth-order valence-electron chi connectivity index (χ4n) is 2.46. The van der Waals surface area contributed by atoms with Crippen LogP contribution in [-0.4, -0.2) is 34.0 Å². The van der Waals surface area contributed by atoms with Gasteiger partial charge in [0.15, 0.2) is 11.4 Å². The van der Waals surface area contributed by atoms with Crippen LogP contribution in [-0.2, 0) is 11.3 Å². The summed E-state index contributed by atoms with van der Waals surface area (Å²) in [7, 11) is 0. The number of hydrogen-bond acceptors (Lipinski definition) is 6. The van der Waals surface area contributed by atoms with Gasteiger partial charge in [0.2, 0.25) is 0 Å². The number of para-hydroxylation sites is 1. The van der Waals surface area contributed by atoms with Crippen molar-refractivity contribution in [2.24, 2.45) is 4.99 Å². The van der Waals surface area contributed by atoms with Crippen molar-refractivity contribution >= 4 is 44.9 Å². The average Bonchev–Trinajstić information content (AvgIpc) is 3.01. The number of ether oxygens (including phenoxy) is 1. The van der Waals surface area contributed by atoms with E-state index in [9.17, 15) is 14.9 Å². The van der Waals surface area contributed by atoms with Gasteiger partial charge in [-0.15, -0.1) is 0 Å². The zero-order chi connectivity index (χ0) is 19.2. The number of carbonyl (C=O) groups is 1. The van der Waals surface area contributed by atoms with Crippen LogP contribution in [0, 0.1) is 10.1 Å². The predicted octanol–water partition coefficient (Wildman–Crippen LogP) is 3.48. The summed E-state index contributed by atoms with van der Waals surface area (Å²) in [5.41, 5.74) is 0.848. The van der Waals surface area contributed by atoms with Crippen molar-refractivity contribution in [2.45, 2.75) is 6.54 Å². The first kappa shape index (κ1) is 19.1. The molecular formula is C18H17N3O4S2. The largest absolute Gasteiger partial charge is 0.484 e. The second-order valence-corrected chi connectivity index (χ2v) is 7.54. The first-order valence-corrected chi connectivity index (χ1v) is 10.3. The minimum absolute atomic E-state index is 0.0195. The SMILES string of the molecule is CSCCn1c(=NC(=O)COc2ccccc2)sc2cc([N+](=O)[O-])ccc21. The molecule has 1 aromatic heterocycles. The van der Waals surface area contributed by atoms with Gasteiger partial charge in [0.1, 0.15) is 5.75 Å². The summed E-state index contributed by atoms with van der Waals surface area (Å²) in [6.45, 7) is 0.492. The molecule has 0 fully saturated rings. The van der Waals surface area contributed by atoms with Crippen LogP contribution in [0.3, 0.4) is 0 Å². The number of benzene rings is 2. The fraction of sp³-hybridized carbons (Fsp3) is 0.222. The zero-order valence-corrected chi connectivity index (χ0v) is 16.2. The Hall–Kier alpha value is -2.65. The van der Waals surface area contributed by atoms with Crippen molar-refractivity contribution < 1.29 is 14.5 Å². The Labute approximate surface area is 163 Å². The Balaban J connectivity index is 1.91. The number of fused-ring (bicyclic) bond motifs is 1. The van der Waals surface area contributed by atoms with Gasteiger partial charge >= 0.3 is 0 Å². The number of aryl methyl sites for hydroxylation is 1. The molecule has 0 aliphatic rings. The number of nitro benzene ring substituents is 1. The highest BCUT2D eigenvalue weighted by molar-refractivity contribution is 7.98. The summed E-state index contributed by atoms with van der Waals surface area (Å²) in [6, 6.07) is 13.7. The number of hydrogen-bond donors (Lipinski definition) is 0. The minimum atomic E-state index is -0.430. The van der Waals surface area contributed by atoms with Gasteiger partial charge in [0, 0.05) is 24.4 Å². The van der Waals surface area contributed by atoms with E-state index < -0.39 is 10.8 Å². The van der Waals surface area contributed by atoms with Gasteiger partial charge in [-0.3, -0.25) is 14.9 Å². The number of thiazole rings is 1. The van der Waals surface area contributed by atoms with E-state index in [0.717, 1.165) is 16.0 Å². The number of carbonyl (C=O) groups excluding carboxylic acids is 1. The maximum absolute atomic E-state index is 12.3. The quantitative estimate of drug-likeness (QED) is 0.445. The molecule has 0 bridgehead atoms. The van der Waals surface area contributed by atoms with Gasteiger partial charge in [-0.2, -0.15) is 16.8 Å². The molecule has 140 valence electrons. The summed E-state index contributed by atoms with van der Waals surface area (Å²) in [4.78, 5) is 27.5. The zero-order valence-electron chi connectivity index (χ0n) is 14.5. The van der Waals surface area contributed by atoms with E-state index >= 15 is 0 Å². The van der Waals surface area contributed by atoms with Crippen LogP contribution < -0.4 is 9.54 Å². The molecule has 0 radical (unpaired) electrons. The summed E-state index contributed by atoms with van der Waals surface area (Å²) in [5, 5.41) is 11.0. The third-order valence-corrected chi connectivity index (χ3v) is 5.35. The lowest BCUT2D eigenvalue weighted by molar-refractivity contribution is -0.384. The molecule has 9 heteroatoms.